The Bertz CT molecular complexity index is 1280. The first kappa shape index (κ1) is 20.0. The summed E-state index contributed by atoms with van der Waals surface area (Å²) in [5, 5.41) is 8.82. The largest absolute Gasteiger partial charge is 0.348 e. The number of carbonyl (C=O) groups is 1. The number of fused-ring (bicyclic) bond motifs is 1. The van der Waals surface area contributed by atoms with Crippen molar-refractivity contribution >= 4 is 28.5 Å². The van der Waals surface area contributed by atoms with E-state index >= 15 is 0 Å². The van der Waals surface area contributed by atoms with Crippen molar-refractivity contribution in [3.63, 3.8) is 0 Å². The lowest BCUT2D eigenvalue weighted by molar-refractivity contribution is 0.0952. The van der Waals surface area contributed by atoms with Crippen LogP contribution in [0.4, 0.5) is 4.39 Å². The molecule has 0 aliphatic carbocycles. The predicted molar refractivity (Wildman–Crippen MR) is 116 cm³/mol. The van der Waals surface area contributed by atoms with Crippen molar-refractivity contribution in [3.05, 3.63) is 87.4 Å². The van der Waals surface area contributed by atoms with E-state index in [9.17, 15) is 9.18 Å². The van der Waals surface area contributed by atoms with Crippen molar-refractivity contribution < 1.29 is 9.18 Å². The molecule has 30 heavy (non-hydrogen) atoms. The van der Waals surface area contributed by atoms with E-state index in [-0.39, 0.29) is 18.3 Å². The third-order valence-corrected chi connectivity index (χ3v) is 5.40. The normalized spacial score (nSPS) is 11.1. The van der Waals surface area contributed by atoms with Gasteiger partial charge < -0.3 is 5.32 Å². The fourth-order valence-electron chi connectivity index (χ4n) is 3.51. The van der Waals surface area contributed by atoms with E-state index in [4.69, 9.17) is 11.6 Å². The number of aromatic nitrogens is 3. The summed E-state index contributed by atoms with van der Waals surface area (Å²) in [6.07, 6.45) is 0. The monoisotopic (exact) mass is 422 g/mol. The quantitative estimate of drug-likeness (QED) is 0.499. The van der Waals surface area contributed by atoms with Gasteiger partial charge in [-0.3, -0.25) is 4.79 Å². The van der Waals surface area contributed by atoms with Crippen LogP contribution in [0.3, 0.4) is 0 Å². The SMILES string of the molecule is Cc1cc(C(=O)NCc2cccc(F)c2)c2c(C)nn(-c3cccc(Cl)c3C)c2n1. The first-order valence-electron chi connectivity index (χ1n) is 9.50. The van der Waals surface area contributed by atoms with Gasteiger partial charge in [-0.05, 0) is 62.2 Å². The zero-order valence-electron chi connectivity index (χ0n) is 16.8. The highest BCUT2D eigenvalue weighted by atomic mass is 35.5. The van der Waals surface area contributed by atoms with Gasteiger partial charge >= 0.3 is 0 Å². The van der Waals surface area contributed by atoms with Gasteiger partial charge in [-0.2, -0.15) is 5.10 Å². The molecule has 4 rings (SSSR count). The molecule has 7 heteroatoms. The summed E-state index contributed by atoms with van der Waals surface area (Å²) in [6.45, 7) is 5.82. The van der Waals surface area contributed by atoms with Crippen LogP contribution in [-0.4, -0.2) is 20.7 Å². The van der Waals surface area contributed by atoms with Gasteiger partial charge in [0.15, 0.2) is 5.65 Å². The van der Waals surface area contributed by atoms with Crippen LogP contribution in [-0.2, 0) is 6.54 Å². The van der Waals surface area contributed by atoms with Gasteiger partial charge in [0.2, 0.25) is 0 Å². The molecular weight excluding hydrogens is 403 g/mol. The molecule has 0 atom stereocenters. The zero-order valence-corrected chi connectivity index (χ0v) is 17.6. The van der Waals surface area contributed by atoms with Crippen molar-refractivity contribution in [2.75, 3.05) is 0 Å². The Labute approximate surface area is 178 Å². The van der Waals surface area contributed by atoms with Crippen LogP contribution < -0.4 is 5.32 Å². The van der Waals surface area contributed by atoms with Crippen LogP contribution in [0.25, 0.3) is 16.7 Å². The minimum atomic E-state index is -0.335. The lowest BCUT2D eigenvalue weighted by atomic mass is 10.1. The standard InChI is InChI=1S/C23H20ClFN4O/c1-13-10-18(23(30)26-12-16-6-4-7-17(25)11-16)21-15(3)28-29(22(21)27-13)20-9-5-8-19(24)14(20)2/h4-11H,12H2,1-3H3,(H,26,30). The highest BCUT2D eigenvalue weighted by Crippen LogP contribution is 2.28. The second kappa shape index (κ2) is 7.88. The Hall–Kier alpha value is -3.25. The predicted octanol–water partition coefficient (Wildman–Crippen LogP) is 5.07. The third-order valence-electron chi connectivity index (χ3n) is 4.99. The molecule has 0 fully saturated rings. The first-order chi connectivity index (χ1) is 14.3. The van der Waals surface area contributed by atoms with E-state index in [1.807, 2.05) is 39.0 Å². The maximum atomic E-state index is 13.4. The maximum Gasteiger partial charge on any atom is 0.252 e. The number of carbonyl (C=O) groups excluding carboxylic acids is 1. The van der Waals surface area contributed by atoms with E-state index in [2.05, 4.69) is 15.4 Å². The molecule has 0 spiro atoms. The second-order valence-electron chi connectivity index (χ2n) is 7.20. The third kappa shape index (κ3) is 3.66. The summed E-state index contributed by atoms with van der Waals surface area (Å²) < 4.78 is 15.1. The van der Waals surface area contributed by atoms with Gasteiger partial charge in [0.1, 0.15) is 5.82 Å². The molecule has 2 aromatic carbocycles. The second-order valence-corrected chi connectivity index (χ2v) is 7.61. The highest BCUT2D eigenvalue weighted by molar-refractivity contribution is 6.31. The summed E-state index contributed by atoms with van der Waals surface area (Å²) in [6, 6.07) is 13.5. The fourth-order valence-corrected chi connectivity index (χ4v) is 3.68. The topological polar surface area (TPSA) is 59.8 Å². The van der Waals surface area contributed by atoms with E-state index in [0.717, 1.165) is 11.3 Å². The van der Waals surface area contributed by atoms with E-state index in [1.54, 1.807) is 22.9 Å². The smallest absolute Gasteiger partial charge is 0.252 e. The molecule has 4 aromatic rings. The van der Waals surface area contributed by atoms with Gasteiger partial charge in [-0.25, -0.2) is 14.1 Å². The summed E-state index contributed by atoms with van der Waals surface area (Å²) in [7, 11) is 0. The number of rotatable bonds is 4. The molecule has 2 aromatic heterocycles. The summed E-state index contributed by atoms with van der Waals surface area (Å²) in [5.41, 5.74) is 4.83. The maximum absolute atomic E-state index is 13.4. The summed E-state index contributed by atoms with van der Waals surface area (Å²) in [5.74, 6) is -0.599. The Morgan fingerprint density at radius 3 is 2.67 bits per heavy atom. The average molecular weight is 423 g/mol. The van der Waals surface area contributed by atoms with Crippen LogP contribution in [0, 0.1) is 26.6 Å². The number of pyridine rings is 1. The van der Waals surface area contributed by atoms with E-state index in [0.29, 0.717) is 38.6 Å². The van der Waals surface area contributed by atoms with E-state index in [1.165, 1.54) is 12.1 Å². The van der Waals surface area contributed by atoms with E-state index < -0.39 is 0 Å². The fraction of sp³-hybridized carbons (Fsp3) is 0.174. The molecule has 5 nitrogen and oxygen atoms in total. The van der Waals surface area contributed by atoms with Gasteiger partial charge in [0, 0.05) is 17.3 Å². The van der Waals surface area contributed by atoms with Gasteiger partial charge in [0.05, 0.1) is 22.3 Å². The van der Waals surface area contributed by atoms with Crippen LogP contribution >= 0.6 is 11.6 Å². The molecule has 2 heterocycles. The lowest BCUT2D eigenvalue weighted by Crippen LogP contribution is -2.23. The van der Waals surface area contributed by atoms with Crippen LogP contribution in [0.5, 0.6) is 0 Å². The number of amides is 1. The van der Waals surface area contributed by atoms with Crippen molar-refractivity contribution in [1.82, 2.24) is 20.1 Å². The molecule has 1 amide bonds. The first-order valence-corrected chi connectivity index (χ1v) is 9.88. The number of benzene rings is 2. The number of hydrogen-bond donors (Lipinski definition) is 1. The molecule has 0 saturated carbocycles. The van der Waals surface area contributed by atoms with Crippen molar-refractivity contribution in [2.45, 2.75) is 27.3 Å². The zero-order chi connectivity index (χ0) is 21.4. The average Bonchev–Trinajstić information content (AvgIpc) is 3.03. The number of hydrogen-bond acceptors (Lipinski definition) is 3. The Morgan fingerprint density at radius 1 is 1.13 bits per heavy atom. The number of nitrogens with one attached hydrogen (secondary N) is 1. The Balaban J connectivity index is 1.77. The number of halogens is 2. The molecule has 0 bridgehead atoms. The van der Waals surface area contributed by atoms with Gasteiger partial charge in [0.25, 0.3) is 5.91 Å². The van der Waals surface area contributed by atoms with Crippen LogP contribution in [0.15, 0.2) is 48.5 Å². The molecule has 0 unspecified atom stereocenters. The molecule has 0 saturated heterocycles. The van der Waals surface area contributed by atoms with Gasteiger partial charge in [-0.15, -0.1) is 0 Å². The molecule has 0 aliphatic rings. The van der Waals surface area contributed by atoms with Crippen molar-refractivity contribution in [3.8, 4) is 5.69 Å². The molecule has 1 N–H and O–H groups in total. The minimum Gasteiger partial charge on any atom is -0.348 e. The van der Waals surface area contributed by atoms with Crippen molar-refractivity contribution in [2.24, 2.45) is 0 Å². The summed E-state index contributed by atoms with van der Waals surface area (Å²) >= 11 is 6.29. The lowest BCUT2D eigenvalue weighted by Gasteiger charge is -2.10. The minimum absolute atomic E-state index is 0.222. The van der Waals surface area contributed by atoms with Gasteiger partial charge in [-0.1, -0.05) is 29.8 Å². The highest BCUT2D eigenvalue weighted by Gasteiger charge is 2.20. The summed E-state index contributed by atoms with van der Waals surface area (Å²) in [4.78, 5) is 17.6. The van der Waals surface area contributed by atoms with Crippen molar-refractivity contribution in [1.29, 1.82) is 0 Å². The molecule has 0 radical (unpaired) electrons. The van der Waals surface area contributed by atoms with Crippen LogP contribution in [0.2, 0.25) is 5.02 Å². The molecule has 152 valence electrons. The Morgan fingerprint density at radius 2 is 1.90 bits per heavy atom. The number of nitrogens with zero attached hydrogens (tertiary/aromatic N) is 3. The van der Waals surface area contributed by atoms with Crippen LogP contribution in [0.1, 0.15) is 32.9 Å². The molecule has 0 aliphatic heterocycles. The molecular formula is C23H20ClFN4O. The Kier molecular flexibility index (Phi) is 5.26. The number of aryl methyl sites for hydroxylation is 2.